The van der Waals surface area contributed by atoms with Gasteiger partial charge in [0.25, 0.3) is 5.91 Å². The fourth-order valence-corrected chi connectivity index (χ4v) is 3.58. The second kappa shape index (κ2) is 9.72. The summed E-state index contributed by atoms with van der Waals surface area (Å²) >= 11 is 0. The van der Waals surface area contributed by atoms with E-state index >= 15 is 0 Å². The fourth-order valence-electron chi connectivity index (χ4n) is 3.58. The Labute approximate surface area is 176 Å². The van der Waals surface area contributed by atoms with E-state index in [-0.39, 0.29) is 11.9 Å². The molecule has 0 aliphatic heterocycles. The van der Waals surface area contributed by atoms with Crippen LogP contribution in [0.1, 0.15) is 28.5 Å². The predicted octanol–water partition coefficient (Wildman–Crippen LogP) is 4.16. The molecule has 3 N–H and O–H groups in total. The molecule has 0 radical (unpaired) electrons. The molecule has 3 aromatic carbocycles. The summed E-state index contributed by atoms with van der Waals surface area (Å²) in [4.78, 5) is 12.7. The van der Waals surface area contributed by atoms with Crippen molar-refractivity contribution in [2.75, 3.05) is 11.9 Å². The minimum atomic E-state index is -0.0634. The minimum absolute atomic E-state index is 0.0389. The molecule has 0 spiro atoms. The van der Waals surface area contributed by atoms with E-state index in [0.29, 0.717) is 6.54 Å². The highest BCUT2D eigenvalue weighted by Crippen LogP contribution is 2.20. The van der Waals surface area contributed by atoms with Gasteiger partial charge in [-0.25, -0.2) is 0 Å². The van der Waals surface area contributed by atoms with Crippen molar-refractivity contribution in [2.24, 2.45) is 0 Å². The standard InChI is InChI=1S/C26H24N2O2/c29-25(19-27-26(24-16-9-17-30-24)21-12-5-2-6-13-21)28-23-15-8-7-14-22(23)18-20-10-3-1-4-11-20/h1-17,26-27H,18-19H2,(H,28,29)/p+1/t26-/m1/s1. The smallest absolute Gasteiger partial charge is 0.279 e. The van der Waals surface area contributed by atoms with Crippen molar-refractivity contribution in [2.45, 2.75) is 12.5 Å². The zero-order valence-electron chi connectivity index (χ0n) is 16.7. The van der Waals surface area contributed by atoms with Gasteiger partial charge in [-0.2, -0.15) is 0 Å². The molecule has 0 saturated heterocycles. The van der Waals surface area contributed by atoms with Gasteiger partial charge in [0.15, 0.2) is 18.3 Å². The van der Waals surface area contributed by atoms with Crippen molar-refractivity contribution >= 4 is 11.6 Å². The van der Waals surface area contributed by atoms with Crippen LogP contribution in [0.25, 0.3) is 0 Å². The van der Waals surface area contributed by atoms with Crippen molar-refractivity contribution in [3.05, 3.63) is 126 Å². The van der Waals surface area contributed by atoms with Gasteiger partial charge < -0.3 is 15.1 Å². The number of anilines is 1. The largest absolute Gasteiger partial charge is 0.463 e. The van der Waals surface area contributed by atoms with E-state index in [2.05, 4.69) is 35.6 Å². The van der Waals surface area contributed by atoms with Gasteiger partial charge in [-0.1, -0.05) is 78.9 Å². The Hall–Kier alpha value is -3.63. The van der Waals surface area contributed by atoms with Gasteiger partial charge in [0, 0.05) is 11.3 Å². The lowest BCUT2D eigenvalue weighted by atomic mass is 10.0. The van der Waals surface area contributed by atoms with Crippen LogP contribution in [0.4, 0.5) is 5.69 Å². The summed E-state index contributed by atoms with van der Waals surface area (Å²) in [6.07, 6.45) is 2.44. The molecule has 0 bridgehead atoms. The van der Waals surface area contributed by atoms with Crippen LogP contribution in [-0.4, -0.2) is 12.5 Å². The van der Waals surface area contributed by atoms with Crippen LogP contribution in [0.15, 0.2) is 108 Å². The molecule has 1 amide bonds. The molecule has 1 heterocycles. The quantitative estimate of drug-likeness (QED) is 0.469. The number of para-hydroxylation sites is 1. The molecule has 4 aromatic rings. The van der Waals surface area contributed by atoms with E-state index in [1.807, 2.05) is 72.0 Å². The first-order valence-electron chi connectivity index (χ1n) is 10.1. The summed E-state index contributed by atoms with van der Waals surface area (Å²) in [6.45, 7) is 0.292. The van der Waals surface area contributed by atoms with Crippen molar-refractivity contribution in [3.63, 3.8) is 0 Å². The number of amides is 1. The Bertz CT molecular complexity index is 1060. The fraction of sp³-hybridized carbons (Fsp3) is 0.115. The van der Waals surface area contributed by atoms with Crippen LogP contribution in [0.2, 0.25) is 0 Å². The molecule has 30 heavy (non-hydrogen) atoms. The zero-order valence-corrected chi connectivity index (χ0v) is 16.7. The number of quaternary nitrogens is 1. The molecule has 4 nitrogen and oxygen atoms in total. The maximum Gasteiger partial charge on any atom is 0.279 e. The van der Waals surface area contributed by atoms with E-state index in [0.717, 1.165) is 29.0 Å². The lowest BCUT2D eigenvalue weighted by Crippen LogP contribution is -2.87. The number of carbonyl (C=O) groups is 1. The van der Waals surface area contributed by atoms with Crippen LogP contribution in [0, 0.1) is 0 Å². The third-order valence-corrected chi connectivity index (χ3v) is 5.08. The summed E-state index contributed by atoms with van der Waals surface area (Å²) in [5, 5.41) is 5.09. The molecule has 0 unspecified atom stereocenters. The van der Waals surface area contributed by atoms with Crippen LogP contribution < -0.4 is 10.6 Å². The molecule has 4 heteroatoms. The molecule has 1 atom stereocenters. The van der Waals surface area contributed by atoms with Crippen molar-refractivity contribution in [1.29, 1.82) is 0 Å². The molecule has 150 valence electrons. The van der Waals surface area contributed by atoms with E-state index < -0.39 is 0 Å². The molecule has 0 aliphatic rings. The molecular formula is C26H25N2O2+. The lowest BCUT2D eigenvalue weighted by Gasteiger charge is -2.15. The summed E-state index contributed by atoms with van der Waals surface area (Å²) in [5.41, 5.74) is 4.27. The molecule has 1 aromatic heterocycles. The first-order chi connectivity index (χ1) is 14.8. The normalized spacial score (nSPS) is 11.7. The Morgan fingerprint density at radius 3 is 2.27 bits per heavy atom. The zero-order chi connectivity index (χ0) is 20.6. The van der Waals surface area contributed by atoms with Crippen LogP contribution in [-0.2, 0) is 11.2 Å². The van der Waals surface area contributed by atoms with Gasteiger partial charge in [0.2, 0.25) is 0 Å². The molecular weight excluding hydrogens is 372 g/mol. The van der Waals surface area contributed by atoms with Crippen molar-refractivity contribution < 1.29 is 14.5 Å². The highest BCUT2D eigenvalue weighted by atomic mass is 16.3. The average Bonchev–Trinajstić information content (AvgIpc) is 3.31. The highest BCUT2D eigenvalue weighted by molar-refractivity contribution is 5.92. The predicted molar refractivity (Wildman–Crippen MR) is 118 cm³/mol. The van der Waals surface area contributed by atoms with Gasteiger partial charge in [-0.3, -0.25) is 4.79 Å². The van der Waals surface area contributed by atoms with E-state index in [1.54, 1.807) is 6.26 Å². The van der Waals surface area contributed by atoms with Gasteiger partial charge in [-0.15, -0.1) is 0 Å². The average molecular weight is 397 g/mol. The van der Waals surface area contributed by atoms with Crippen molar-refractivity contribution in [3.8, 4) is 0 Å². The Kier molecular flexibility index (Phi) is 6.38. The third kappa shape index (κ3) is 5.04. The summed E-state index contributed by atoms with van der Waals surface area (Å²) in [7, 11) is 0. The van der Waals surface area contributed by atoms with E-state index in [4.69, 9.17) is 4.42 Å². The molecule has 0 saturated carbocycles. The number of hydrogen-bond donors (Lipinski definition) is 2. The van der Waals surface area contributed by atoms with E-state index in [1.165, 1.54) is 5.56 Å². The van der Waals surface area contributed by atoms with Crippen molar-refractivity contribution in [1.82, 2.24) is 0 Å². The maximum absolute atomic E-state index is 12.7. The first-order valence-corrected chi connectivity index (χ1v) is 10.1. The number of nitrogens with one attached hydrogen (secondary N) is 1. The molecule has 0 fully saturated rings. The van der Waals surface area contributed by atoms with Gasteiger partial charge >= 0.3 is 0 Å². The summed E-state index contributed by atoms with van der Waals surface area (Å²) < 4.78 is 5.62. The number of nitrogens with two attached hydrogens (primary N) is 1. The van der Waals surface area contributed by atoms with Crippen LogP contribution in [0.3, 0.4) is 0 Å². The second-order valence-electron chi connectivity index (χ2n) is 7.21. The van der Waals surface area contributed by atoms with Gasteiger partial charge in [0.05, 0.1) is 6.26 Å². The Morgan fingerprint density at radius 2 is 1.53 bits per heavy atom. The van der Waals surface area contributed by atoms with Gasteiger partial charge in [-0.05, 0) is 35.7 Å². The topological polar surface area (TPSA) is 58.9 Å². The highest BCUT2D eigenvalue weighted by Gasteiger charge is 2.21. The Morgan fingerprint density at radius 1 is 0.833 bits per heavy atom. The molecule has 0 aliphatic carbocycles. The van der Waals surface area contributed by atoms with Crippen LogP contribution >= 0.6 is 0 Å². The maximum atomic E-state index is 12.7. The monoisotopic (exact) mass is 397 g/mol. The van der Waals surface area contributed by atoms with Crippen LogP contribution in [0.5, 0.6) is 0 Å². The van der Waals surface area contributed by atoms with E-state index in [9.17, 15) is 4.79 Å². The third-order valence-electron chi connectivity index (χ3n) is 5.08. The number of carbonyl (C=O) groups excluding carboxylic acids is 1. The van der Waals surface area contributed by atoms with Gasteiger partial charge in [0.1, 0.15) is 0 Å². The molecule has 4 rings (SSSR count). The first kappa shape index (κ1) is 19.7. The number of benzene rings is 3. The SMILES string of the molecule is O=C(C[NH2+][C@H](c1ccccc1)c1ccco1)Nc1ccccc1Cc1ccccc1. The number of rotatable bonds is 8. The second-order valence-corrected chi connectivity index (χ2v) is 7.21. The number of hydrogen-bond acceptors (Lipinski definition) is 2. The summed E-state index contributed by atoms with van der Waals surface area (Å²) in [5.74, 6) is 0.793. The Balaban J connectivity index is 1.43. The number of furan rings is 1. The summed E-state index contributed by atoms with van der Waals surface area (Å²) in [6, 6.07) is 32.1. The lowest BCUT2D eigenvalue weighted by molar-refractivity contribution is -0.678. The minimum Gasteiger partial charge on any atom is -0.463 e.